The van der Waals surface area contributed by atoms with Gasteiger partial charge in [-0.15, -0.1) is 11.3 Å². The van der Waals surface area contributed by atoms with E-state index in [1.807, 2.05) is 12.1 Å². The van der Waals surface area contributed by atoms with Gasteiger partial charge in [-0.25, -0.2) is 0 Å². The SMILES string of the molecule is Cc1cc2c(c(C)c1CC(=O)CC(C)(C)C)CCC2Nc1cc(Cl)cc2sccc12. The molecule has 3 aromatic rings. The van der Waals surface area contributed by atoms with Crippen LogP contribution < -0.4 is 5.32 Å². The molecule has 1 N–H and O–H groups in total. The molecule has 0 bridgehead atoms. The molecular weight excluding hydrogens is 410 g/mol. The molecule has 1 aliphatic carbocycles. The maximum atomic E-state index is 12.6. The van der Waals surface area contributed by atoms with Gasteiger partial charge in [0.15, 0.2) is 0 Å². The summed E-state index contributed by atoms with van der Waals surface area (Å²) in [6, 6.07) is 8.81. The summed E-state index contributed by atoms with van der Waals surface area (Å²) < 4.78 is 1.21. The van der Waals surface area contributed by atoms with Gasteiger partial charge in [0.2, 0.25) is 0 Å². The number of Topliss-reactive ketones (excluding diaryl/α,β-unsaturated/α-hetero) is 1. The molecule has 4 heteroatoms. The Bertz CT molecular complexity index is 1120. The van der Waals surface area contributed by atoms with E-state index in [1.54, 1.807) is 11.3 Å². The zero-order valence-electron chi connectivity index (χ0n) is 18.5. The van der Waals surface area contributed by atoms with Crippen molar-refractivity contribution in [2.45, 2.75) is 66.3 Å². The van der Waals surface area contributed by atoms with Crippen LogP contribution in [0.2, 0.25) is 5.02 Å². The summed E-state index contributed by atoms with van der Waals surface area (Å²) in [5, 5.41) is 7.88. The van der Waals surface area contributed by atoms with Crippen LogP contribution in [-0.2, 0) is 17.6 Å². The second-order valence-corrected chi connectivity index (χ2v) is 11.2. The number of thiophene rings is 1. The van der Waals surface area contributed by atoms with Crippen LogP contribution in [0.25, 0.3) is 10.1 Å². The zero-order valence-corrected chi connectivity index (χ0v) is 20.1. The molecular formula is C26H30ClNOS. The van der Waals surface area contributed by atoms with Crippen molar-refractivity contribution in [1.82, 2.24) is 0 Å². The minimum absolute atomic E-state index is 0.0363. The van der Waals surface area contributed by atoms with Crippen LogP contribution in [0.3, 0.4) is 0 Å². The van der Waals surface area contributed by atoms with E-state index in [2.05, 4.69) is 57.4 Å². The van der Waals surface area contributed by atoms with Gasteiger partial charge in [-0.2, -0.15) is 0 Å². The molecule has 1 atom stereocenters. The van der Waals surface area contributed by atoms with E-state index in [0.29, 0.717) is 18.6 Å². The van der Waals surface area contributed by atoms with Gasteiger partial charge in [0.1, 0.15) is 5.78 Å². The van der Waals surface area contributed by atoms with Crippen molar-refractivity contribution < 1.29 is 4.79 Å². The molecule has 30 heavy (non-hydrogen) atoms. The number of benzene rings is 2. The first-order valence-corrected chi connectivity index (χ1v) is 11.9. The Kier molecular flexibility index (Phi) is 5.71. The van der Waals surface area contributed by atoms with Crippen molar-refractivity contribution in [2.24, 2.45) is 5.41 Å². The molecule has 0 amide bonds. The molecule has 4 rings (SSSR count). The number of anilines is 1. The van der Waals surface area contributed by atoms with Crippen LogP contribution in [-0.4, -0.2) is 5.78 Å². The smallest absolute Gasteiger partial charge is 0.137 e. The highest BCUT2D eigenvalue weighted by Gasteiger charge is 2.27. The third-order valence-corrected chi connectivity index (χ3v) is 7.21. The molecule has 0 aliphatic heterocycles. The van der Waals surface area contributed by atoms with Gasteiger partial charge in [-0.3, -0.25) is 4.79 Å². The number of aryl methyl sites for hydroxylation is 1. The largest absolute Gasteiger partial charge is 0.378 e. The predicted octanol–water partition coefficient (Wildman–Crippen LogP) is 7.82. The summed E-state index contributed by atoms with van der Waals surface area (Å²) in [5.41, 5.74) is 7.70. The lowest BCUT2D eigenvalue weighted by Gasteiger charge is -2.21. The summed E-state index contributed by atoms with van der Waals surface area (Å²) in [5.74, 6) is 0.333. The Morgan fingerprint density at radius 1 is 1.23 bits per heavy atom. The minimum atomic E-state index is 0.0363. The van der Waals surface area contributed by atoms with Gasteiger partial charge < -0.3 is 5.32 Å². The number of fused-ring (bicyclic) bond motifs is 2. The number of carbonyl (C=O) groups is 1. The third kappa shape index (κ3) is 4.29. The lowest BCUT2D eigenvalue weighted by molar-refractivity contribution is -0.120. The average Bonchev–Trinajstić information content (AvgIpc) is 3.24. The number of carbonyl (C=O) groups excluding carboxylic acids is 1. The van der Waals surface area contributed by atoms with Gasteiger partial charge in [0.25, 0.3) is 0 Å². The Labute approximate surface area is 188 Å². The van der Waals surface area contributed by atoms with E-state index >= 15 is 0 Å². The quantitative estimate of drug-likeness (QED) is 0.439. The number of hydrogen-bond donors (Lipinski definition) is 1. The molecule has 2 nitrogen and oxygen atoms in total. The van der Waals surface area contributed by atoms with Crippen molar-refractivity contribution in [1.29, 1.82) is 0 Å². The van der Waals surface area contributed by atoms with E-state index in [4.69, 9.17) is 11.6 Å². The van der Waals surface area contributed by atoms with Crippen LogP contribution in [0, 0.1) is 19.3 Å². The maximum Gasteiger partial charge on any atom is 0.137 e. The molecule has 1 heterocycles. The van der Waals surface area contributed by atoms with Crippen LogP contribution in [0.4, 0.5) is 5.69 Å². The summed E-state index contributed by atoms with van der Waals surface area (Å²) >= 11 is 8.09. The fourth-order valence-corrected chi connectivity index (χ4v) is 5.94. The molecule has 1 unspecified atom stereocenters. The number of ketones is 1. The van der Waals surface area contributed by atoms with Crippen molar-refractivity contribution in [3.63, 3.8) is 0 Å². The van der Waals surface area contributed by atoms with Gasteiger partial charge in [-0.1, -0.05) is 38.4 Å². The standard InChI is InChI=1S/C26H30ClNOS/c1-15-10-22-19(16(2)21(15)13-18(29)14-26(3,4)5)6-7-23(22)28-24-11-17(27)12-25-20(24)8-9-30-25/h8-12,23,28H,6-7,13-14H2,1-5H3. The monoisotopic (exact) mass is 439 g/mol. The first kappa shape index (κ1) is 21.4. The molecule has 1 aliphatic rings. The van der Waals surface area contributed by atoms with Crippen molar-refractivity contribution in [2.75, 3.05) is 5.32 Å². The summed E-state index contributed by atoms with van der Waals surface area (Å²) in [6.07, 6.45) is 3.28. The highest BCUT2D eigenvalue weighted by molar-refractivity contribution is 7.17. The summed E-state index contributed by atoms with van der Waals surface area (Å²) in [4.78, 5) is 12.6. The lowest BCUT2D eigenvalue weighted by Crippen LogP contribution is -2.16. The molecule has 0 radical (unpaired) electrons. The first-order valence-electron chi connectivity index (χ1n) is 10.7. The second-order valence-electron chi connectivity index (χ2n) is 9.84. The van der Waals surface area contributed by atoms with Gasteiger partial charge >= 0.3 is 0 Å². The van der Waals surface area contributed by atoms with Gasteiger partial charge in [0, 0.05) is 33.6 Å². The number of halogens is 1. The zero-order chi connectivity index (χ0) is 21.6. The number of nitrogens with one attached hydrogen (secondary N) is 1. The van der Waals surface area contributed by atoms with Crippen LogP contribution >= 0.6 is 22.9 Å². The van der Waals surface area contributed by atoms with Gasteiger partial charge in [-0.05, 0) is 83.5 Å². The minimum Gasteiger partial charge on any atom is -0.378 e. The predicted molar refractivity (Wildman–Crippen MR) is 130 cm³/mol. The normalized spacial score (nSPS) is 16.1. The van der Waals surface area contributed by atoms with Crippen LogP contribution in [0.5, 0.6) is 0 Å². The summed E-state index contributed by atoms with van der Waals surface area (Å²) in [6.45, 7) is 10.7. The average molecular weight is 440 g/mol. The van der Waals surface area contributed by atoms with Crippen molar-refractivity contribution in [3.05, 3.63) is 62.5 Å². The lowest BCUT2D eigenvalue weighted by atomic mass is 9.85. The maximum absolute atomic E-state index is 12.6. The molecule has 1 aromatic heterocycles. The van der Waals surface area contributed by atoms with E-state index in [9.17, 15) is 4.79 Å². The fourth-order valence-electron chi connectivity index (χ4n) is 4.81. The van der Waals surface area contributed by atoms with Gasteiger partial charge in [0.05, 0.1) is 6.04 Å². The van der Waals surface area contributed by atoms with Crippen molar-refractivity contribution >= 4 is 44.5 Å². The van der Waals surface area contributed by atoms with Crippen molar-refractivity contribution in [3.8, 4) is 0 Å². The number of rotatable bonds is 5. The Balaban J connectivity index is 1.62. The Morgan fingerprint density at radius 2 is 2.00 bits per heavy atom. The molecule has 0 fully saturated rings. The van der Waals surface area contributed by atoms with Crippen LogP contribution in [0.1, 0.15) is 67.5 Å². The third-order valence-electron chi connectivity index (χ3n) is 6.13. The highest BCUT2D eigenvalue weighted by Crippen LogP contribution is 2.41. The molecule has 2 aromatic carbocycles. The number of hydrogen-bond acceptors (Lipinski definition) is 3. The second kappa shape index (κ2) is 8.01. The van der Waals surface area contributed by atoms with E-state index < -0.39 is 0 Å². The molecule has 0 spiro atoms. The van der Waals surface area contributed by atoms with E-state index in [1.165, 1.54) is 37.9 Å². The first-order chi connectivity index (χ1) is 14.1. The Hall–Kier alpha value is -1.84. The molecule has 0 saturated heterocycles. The summed E-state index contributed by atoms with van der Waals surface area (Å²) in [7, 11) is 0. The molecule has 158 valence electrons. The van der Waals surface area contributed by atoms with Crippen LogP contribution in [0.15, 0.2) is 29.6 Å². The highest BCUT2D eigenvalue weighted by atomic mass is 35.5. The molecule has 0 saturated carbocycles. The fraction of sp³-hybridized carbons (Fsp3) is 0.423. The Morgan fingerprint density at radius 3 is 2.73 bits per heavy atom. The van der Waals surface area contributed by atoms with E-state index in [0.717, 1.165) is 23.6 Å². The van der Waals surface area contributed by atoms with E-state index in [-0.39, 0.29) is 11.5 Å². The topological polar surface area (TPSA) is 29.1 Å².